The fraction of sp³-hybridized carbons (Fsp3) is 0.364. The number of rotatable bonds is 5. The van der Waals surface area contributed by atoms with Crippen molar-refractivity contribution in [3.63, 3.8) is 0 Å². The van der Waals surface area contributed by atoms with Gasteiger partial charge in [-0.3, -0.25) is 4.79 Å². The Morgan fingerprint density at radius 1 is 1.07 bits per heavy atom. The predicted octanol–water partition coefficient (Wildman–Crippen LogP) is 3.61. The molecule has 4 rings (SSSR count). The molecule has 1 aliphatic heterocycles. The molecule has 29 heavy (non-hydrogen) atoms. The average molecular weight is 395 g/mol. The van der Waals surface area contributed by atoms with Crippen molar-refractivity contribution in [2.24, 2.45) is 0 Å². The van der Waals surface area contributed by atoms with Gasteiger partial charge in [0.15, 0.2) is 11.5 Å². The second-order valence-electron chi connectivity index (χ2n) is 7.09. The molecule has 1 amide bonds. The number of piperidine rings is 1. The Labute approximate surface area is 169 Å². The van der Waals surface area contributed by atoms with Crippen molar-refractivity contribution >= 4 is 16.9 Å². The summed E-state index contributed by atoms with van der Waals surface area (Å²) in [6, 6.07) is 7.53. The molecule has 7 nitrogen and oxygen atoms in total. The summed E-state index contributed by atoms with van der Waals surface area (Å²) in [5.74, 6) is 1.72. The van der Waals surface area contributed by atoms with Crippen molar-refractivity contribution in [1.29, 1.82) is 0 Å². The number of methoxy groups -OCH3 is 3. The number of H-pyrrole nitrogens is 1. The molecule has 1 saturated heterocycles. The van der Waals surface area contributed by atoms with Gasteiger partial charge in [-0.1, -0.05) is 0 Å². The zero-order valence-electron chi connectivity index (χ0n) is 16.9. The van der Waals surface area contributed by atoms with E-state index in [-0.39, 0.29) is 5.91 Å². The number of likely N-dealkylation sites (tertiary alicyclic amines) is 1. The van der Waals surface area contributed by atoms with Crippen LogP contribution in [0.15, 0.2) is 36.7 Å². The average Bonchev–Trinajstić information content (AvgIpc) is 3.21. The number of carbonyl (C=O) groups excluding carboxylic acids is 1. The molecule has 0 atom stereocenters. The van der Waals surface area contributed by atoms with Crippen molar-refractivity contribution in [3.8, 4) is 17.2 Å². The second kappa shape index (κ2) is 8.03. The Hall–Kier alpha value is -3.22. The normalized spacial score (nSPS) is 14.8. The Kier molecular flexibility index (Phi) is 5.29. The van der Waals surface area contributed by atoms with Gasteiger partial charge in [0.05, 0.1) is 26.9 Å². The molecular weight excluding hydrogens is 370 g/mol. The number of nitrogens with one attached hydrogen (secondary N) is 1. The Bertz CT molecular complexity index is 1020. The van der Waals surface area contributed by atoms with Gasteiger partial charge >= 0.3 is 0 Å². The highest BCUT2D eigenvalue weighted by atomic mass is 16.5. The molecule has 7 heteroatoms. The molecule has 0 unspecified atom stereocenters. The maximum absolute atomic E-state index is 13.2. The molecule has 0 bridgehead atoms. The van der Waals surface area contributed by atoms with Crippen LogP contribution in [0.3, 0.4) is 0 Å². The number of pyridine rings is 1. The molecular formula is C22H25N3O4. The van der Waals surface area contributed by atoms with Crippen molar-refractivity contribution in [1.82, 2.24) is 14.9 Å². The summed E-state index contributed by atoms with van der Waals surface area (Å²) in [4.78, 5) is 22.7. The van der Waals surface area contributed by atoms with E-state index < -0.39 is 0 Å². The molecule has 1 aliphatic rings. The Morgan fingerprint density at radius 3 is 2.52 bits per heavy atom. The molecule has 3 heterocycles. The van der Waals surface area contributed by atoms with Crippen LogP contribution in [0.2, 0.25) is 0 Å². The molecule has 0 spiro atoms. The van der Waals surface area contributed by atoms with E-state index in [1.54, 1.807) is 25.4 Å². The molecule has 0 radical (unpaired) electrons. The highest BCUT2D eigenvalue weighted by Crippen LogP contribution is 2.41. The molecule has 3 aromatic rings. The summed E-state index contributed by atoms with van der Waals surface area (Å²) in [5, 5.41) is 1.17. The first-order valence-electron chi connectivity index (χ1n) is 9.68. The lowest BCUT2D eigenvalue weighted by atomic mass is 9.89. The van der Waals surface area contributed by atoms with E-state index >= 15 is 0 Å². The van der Waals surface area contributed by atoms with E-state index in [2.05, 4.69) is 22.2 Å². The van der Waals surface area contributed by atoms with Gasteiger partial charge in [-0.05, 0) is 48.6 Å². The zero-order chi connectivity index (χ0) is 20.4. The first kappa shape index (κ1) is 19.1. The highest BCUT2D eigenvalue weighted by molar-refractivity contribution is 5.98. The van der Waals surface area contributed by atoms with Crippen LogP contribution in [-0.4, -0.2) is 55.2 Å². The summed E-state index contributed by atoms with van der Waals surface area (Å²) in [6.07, 6.45) is 5.66. The third-order valence-corrected chi connectivity index (χ3v) is 5.64. The van der Waals surface area contributed by atoms with Crippen molar-refractivity contribution < 1.29 is 19.0 Å². The van der Waals surface area contributed by atoms with Crippen molar-refractivity contribution in [2.75, 3.05) is 34.4 Å². The van der Waals surface area contributed by atoms with E-state index in [1.807, 2.05) is 11.0 Å². The van der Waals surface area contributed by atoms with Gasteiger partial charge in [-0.25, -0.2) is 4.98 Å². The first-order chi connectivity index (χ1) is 14.2. The summed E-state index contributed by atoms with van der Waals surface area (Å²) in [5.41, 5.74) is 2.68. The first-order valence-corrected chi connectivity index (χ1v) is 9.68. The topological polar surface area (TPSA) is 76.7 Å². The SMILES string of the molecule is COc1ccc(C(=O)N2CCC(c3c[nH]c4ncccc34)CC2)c(OC)c1OC. The summed E-state index contributed by atoms with van der Waals surface area (Å²) < 4.78 is 16.2. The van der Waals surface area contributed by atoms with Crippen molar-refractivity contribution in [2.45, 2.75) is 18.8 Å². The lowest BCUT2D eigenvalue weighted by Crippen LogP contribution is -2.38. The van der Waals surface area contributed by atoms with E-state index in [1.165, 1.54) is 25.2 Å². The number of hydrogen-bond donors (Lipinski definition) is 1. The van der Waals surface area contributed by atoms with Crippen LogP contribution in [0.25, 0.3) is 11.0 Å². The van der Waals surface area contributed by atoms with Crippen LogP contribution in [0, 0.1) is 0 Å². The Balaban J connectivity index is 1.52. The maximum atomic E-state index is 13.2. The van der Waals surface area contributed by atoms with Crippen LogP contribution in [0.4, 0.5) is 0 Å². The van der Waals surface area contributed by atoms with E-state index in [0.29, 0.717) is 41.8 Å². The summed E-state index contributed by atoms with van der Waals surface area (Å²) in [7, 11) is 4.63. The number of nitrogens with zero attached hydrogens (tertiary/aromatic N) is 2. The number of benzene rings is 1. The van der Waals surface area contributed by atoms with Gasteiger partial charge < -0.3 is 24.1 Å². The quantitative estimate of drug-likeness (QED) is 0.714. The minimum atomic E-state index is -0.0538. The number of ether oxygens (including phenoxy) is 3. The minimum Gasteiger partial charge on any atom is -0.493 e. The van der Waals surface area contributed by atoms with Gasteiger partial charge in [0.2, 0.25) is 5.75 Å². The zero-order valence-corrected chi connectivity index (χ0v) is 16.9. The molecule has 1 fully saturated rings. The molecule has 0 saturated carbocycles. The van der Waals surface area contributed by atoms with E-state index in [4.69, 9.17) is 14.2 Å². The monoisotopic (exact) mass is 395 g/mol. The number of aromatic nitrogens is 2. The standard InChI is InChI=1S/C22H25N3O4/c1-27-18-7-6-16(19(28-2)20(18)29-3)22(26)25-11-8-14(9-12-25)17-13-24-21-15(17)5-4-10-23-21/h4-7,10,13-14H,8-9,11-12H2,1-3H3,(H,23,24). The van der Waals surface area contributed by atoms with Crippen LogP contribution in [0.5, 0.6) is 17.2 Å². The van der Waals surface area contributed by atoms with E-state index in [9.17, 15) is 4.79 Å². The number of aromatic amines is 1. The van der Waals surface area contributed by atoms with Crippen LogP contribution in [-0.2, 0) is 0 Å². The van der Waals surface area contributed by atoms with Gasteiger partial charge in [-0.15, -0.1) is 0 Å². The van der Waals surface area contributed by atoms with Gasteiger partial charge in [0.1, 0.15) is 5.65 Å². The van der Waals surface area contributed by atoms with Crippen LogP contribution in [0.1, 0.15) is 34.7 Å². The summed E-state index contributed by atoms with van der Waals surface area (Å²) >= 11 is 0. The number of hydrogen-bond acceptors (Lipinski definition) is 5. The highest BCUT2D eigenvalue weighted by Gasteiger charge is 2.29. The molecule has 1 N–H and O–H groups in total. The summed E-state index contributed by atoms with van der Waals surface area (Å²) in [6.45, 7) is 1.38. The van der Waals surface area contributed by atoms with Gasteiger partial charge in [0.25, 0.3) is 5.91 Å². The lowest BCUT2D eigenvalue weighted by Gasteiger charge is -2.32. The number of amides is 1. The minimum absolute atomic E-state index is 0.0538. The molecule has 0 aliphatic carbocycles. The fourth-order valence-corrected chi connectivity index (χ4v) is 4.15. The number of fused-ring (bicyclic) bond motifs is 1. The van der Waals surface area contributed by atoms with E-state index in [0.717, 1.165) is 18.5 Å². The lowest BCUT2D eigenvalue weighted by molar-refractivity contribution is 0.0709. The second-order valence-corrected chi connectivity index (χ2v) is 7.09. The fourth-order valence-electron chi connectivity index (χ4n) is 4.15. The van der Waals surface area contributed by atoms with Crippen LogP contribution >= 0.6 is 0 Å². The van der Waals surface area contributed by atoms with Gasteiger partial charge in [-0.2, -0.15) is 0 Å². The van der Waals surface area contributed by atoms with Gasteiger partial charge in [0, 0.05) is 30.9 Å². The third-order valence-electron chi connectivity index (χ3n) is 5.64. The van der Waals surface area contributed by atoms with Crippen molar-refractivity contribution in [3.05, 3.63) is 47.8 Å². The molecule has 1 aromatic carbocycles. The molecule has 152 valence electrons. The maximum Gasteiger partial charge on any atom is 0.257 e. The Morgan fingerprint density at radius 2 is 1.83 bits per heavy atom. The third kappa shape index (κ3) is 3.37. The predicted molar refractivity (Wildman–Crippen MR) is 110 cm³/mol. The largest absolute Gasteiger partial charge is 0.493 e. The molecule has 2 aromatic heterocycles. The number of carbonyl (C=O) groups is 1. The van der Waals surface area contributed by atoms with Crippen LogP contribution < -0.4 is 14.2 Å². The smallest absolute Gasteiger partial charge is 0.257 e.